The van der Waals surface area contributed by atoms with E-state index in [1.54, 1.807) is 18.3 Å². The minimum atomic E-state index is -4.49. The van der Waals surface area contributed by atoms with Crippen LogP contribution in [0.5, 0.6) is 0 Å². The maximum Gasteiger partial charge on any atom is 0.405 e. The van der Waals surface area contributed by atoms with Gasteiger partial charge < -0.3 is 24.4 Å². The topological polar surface area (TPSA) is 107 Å². The van der Waals surface area contributed by atoms with Gasteiger partial charge in [0.1, 0.15) is 12.4 Å². The van der Waals surface area contributed by atoms with Gasteiger partial charge in [0.05, 0.1) is 24.1 Å². The Balaban J connectivity index is 1.54. The molecule has 1 aliphatic heterocycles. The number of fused-ring (bicyclic) bond motifs is 1. The van der Waals surface area contributed by atoms with E-state index in [4.69, 9.17) is 9.15 Å². The highest BCUT2D eigenvalue weighted by atomic mass is 19.4. The van der Waals surface area contributed by atoms with Gasteiger partial charge in [-0.15, -0.1) is 10.2 Å². The summed E-state index contributed by atoms with van der Waals surface area (Å²) >= 11 is 0. The van der Waals surface area contributed by atoms with Crippen LogP contribution in [0.3, 0.4) is 0 Å². The molecular formula is C22H25F3N6O3. The van der Waals surface area contributed by atoms with Crippen LogP contribution < -0.4 is 10.6 Å². The SMILES string of the molecule is CC(C)OC1C=C(NC(=O)NCC(F)(F)F)C=C(c2cnc3n2CCC(c2nnco2)=CC3)C1. The number of ether oxygens (including phenoxy) is 1. The van der Waals surface area contributed by atoms with Gasteiger partial charge in [-0.05, 0) is 38.0 Å². The molecule has 3 heterocycles. The van der Waals surface area contributed by atoms with Crippen molar-refractivity contribution < 1.29 is 27.1 Å². The van der Waals surface area contributed by atoms with Gasteiger partial charge in [-0.25, -0.2) is 9.78 Å². The zero-order chi connectivity index (χ0) is 24.3. The first-order chi connectivity index (χ1) is 16.2. The van der Waals surface area contributed by atoms with Crippen LogP contribution in [0.4, 0.5) is 18.0 Å². The fourth-order valence-corrected chi connectivity index (χ4v) is 3.96. The highest BCUT2D eigenvalue weighted by molar-refractivity contribution is 5.78. The quantitative estimate of drug-likeness (QED) is 0.657. The first-order valence-corrected chi connectivity index (χ1v) is 10.9. The number of nitrogens with one attached hydrogen (secondary N) is 2. The van der Waals surface area contributed by atoms with Gasteiger partial charge in [-0.2, -0.15) is 13.2 Å². The molecule has 2 aromatic rings. The van der Waals surface area contributed by atoms with Crippen LogP contribution >= 0.6 is 0 Å². The molecule has 1 aliphatic carbocycles. The third-order valence-electron chi connectivity index (χ3n) is 5.31. The van der Waals surface area contributed by atoms with E-state index < -0.39 is 18.8 Å². The van der Waals surface area contributed by atoms with Gasteiger partial charge in [0.25, 0.3) is 0 Å². The number of alkyl halides is 3. The number of nitrogens with zero attached hydrogens (tertiary/aromatic N) is 4. The van der Waals surface area contributed by atoms with Crippen LogP contribution in [0.15, 0.2) is 40.9 Å². The first-order valence-electron chi connectivity index (χ1n) is 10.9. The summed E-state index contributed by atoms with van der Waals surface area (Å²) in [6, 6.07) is -0.940. The molecule has 0 saturated carbocycles. The molecule has 1 atom stereocenters. The van der Waals surface area contributed by atoms with E-state index in [-0.39, 0.29) is 12.2 Å². The summed E-state index contributed by atoms with van der Waals surface area (Å²) in [6.07, 6.45) is 5.36. The third-order valence-corrected chi connectivity index (χ3v) is 5.31. The second kappa shape index (κ2) is 9.84. The highest BCUT2D eigenvalue weighted by Gasteiger charge is 2.28. The Morgan fingerprint density at radius 3 is 2.88 bits per heavy atom. The number of imidazole rings is 1. The normalized spacial score (nSPS) is 18.5. The predicted octanol–water partition coefficient (Wildman–Crippen LogP) is 3.62. The molecule has 0 bridgehead atoms. The van der Waals surface area contributed by atoms with Crippen molar-refractivity contribution in [2.24, 2.45) is 0 Å². The number of amides is 2. The van der Waals surface area contributed by atoms with Crippen LogP contribution in [0.1, 0.15) is 44.1 Å². The Bertz CT molecular complexity index is 1120. The molecule has 2 aromatic heterocycles. The number of halogens is 3. The summed E-state index contributed by atoms with van der Waals surface area (Å²) in [6.45, 7) is 3.00. The van der Waals surface area contributed by atoms with Crippen LogP contribution in [0.25, 0.3) is 11.1 Å². The van der Waals surface area contributed by atoms with E-state index in [1.807, 2.05) is 25.2 Å². The van der Waals surface area contributed by atoms with Crippen molar-refractivity contribution in [1.29, 1.82) is 0 Å². The van der Waals surface area contributed by atoms with Crippen molar-refractivity contribution in [3.63, 3.8) is 0 Å². The summed E-state index contributed by atoms with van der Waals surface area (Å²) in [5, 5.41) is 12.0. The van der Waals surface area contributed by atoms with Crippen LogP contribution in [0.2, 0.25) is 0 Å². The standard InChI is InChI=1S/C22H25F3N6O3/c1-13(2)34-17-8-15(7-16(9-17)29-21(32)27-11-22(23,24)25)18-10-26-19-4-3-14(5-6-31(18)19)20-30-28-12-33-20/h3,7,9-10,12-13,17H,4-6,8,11H2,1-2H3,(H2,27,29,32). The average molecular weight is 478 g/mol. The average Bonchev–Trinajstić information content (AvgIpc) is 3.38. The van der Waals surface area contributed by atoms with E-state index in [0.29, 0.717) is 37.4 Å². The molecule has 4 rings (SSSR count). The maximum absolute atomic E-state index is 12.4. The smallest absolute Gasteiger partial charge is 0.405 e. The predicted molar refractivity (Wildman–Crippen MR) is 116 cm³/mol. The van der Waals surface area contributed by atoms with Crippen molar-refractivity contribution in [2.75, 3.05) is 6.54 Å². The van der Waals surface area contributed by atoms with Crippen LogP contribution in [-0.2, 0) is 17.7 Å². The molecule has 1 unspecified atom stereocenters. The molecule has 2 aliphatic rings. The lowest BCUT2D eigenvalue weighted by molar-refractivity contribution is -0.122. The van der Waals surface area contributed by atoms with Crippen molar-refractivity contribution in [3.8, 4) is 0 Å². The minimum absolute atomic E-state index is 0.0791. The number of carbonyl (C=O) groups is 1. The monoisotopic (exact) mass is 478 g/mol. The first kappa shape index (κ1) is 23.7. The largest absolute Gasteiger partial charge is 0.424 e. The second-order valence-electron chi connectivity index (χ2n) is 8.28. The maximum atomic E-state index is 12.4. The van der Waals surface area contributed by atoms with E-state index in [2.05, 4.69) is 25.1 Å². The van der Waals surface area contributed by atoms with E-state index >= 15 is 0 Å². The second-order valence-corrected chi connectivity index (χ2v) is 8.28. The van der Waals surface area contributed by atoms with E-state index in [9.17, 15) is 18.0 Å². The van der Waals surface area contributed by atoms with Crippen LogP contribution in [0, 0.1) is 0 Å². The van der Waals surface area contributed by atoms with Crippen molar-refractivity contribution in [2.45, 2.75) is 58.0 Å². The fraction of sp³-hybridized carbons (Fsp3) is 0.455. The molecule has 2 amide bonds. The fourth-order valence-electron chi connectivity index (χ4n) is 3.96. The lowest BCUT2D eigenvalue weighted by atomic mass is 9.97. The van der Waals surface area contributed by atoms with Crippen LogP contribution in [-0.4, -0.2) is 50.7 Å². The number of urea groups is 1. The molecule has 12 heteroatoms. The van der Waals surface area contributed by atoms with Gasteiger partial charge in [-0.3, -0.25) is 0 Å². The Morgan fingerprint density at radius 1 is 1.35 bits per heavy atom. The van der Waals surface area contributed by atoms with Gasteiger partial charge in [0.15, 0.2) is 0 Å². The van der Waals surface area contributed by atoms with Crippen molar-refractivity contribution in [1.82, 2.24) is 30.4 Å². The summed E-state index contributed by atoms with van der Waals surface area (Å²) in [5.74, 6) is 1.34. The summed E-state index contributed by atoms with van der Waals surface area (Å²) in [5.41, 5.74) is 3.02. The summed E-state index contributed by atoms with van der Waals surface area (Å²) in [4.78, 5) is 16.6. The molecule has 0 saturated heterocycles. The molecular weight excluding hydrogens is 453 g/mol. The van der Waals surface area contributed by atoms with E-state index in [0.717, 1.165) is 22.7 Å². The van der Waals surface area contributed by atoms with Gasteiger partial charge >= 0.3 is 12.2 Å². The summed E-state index contributed by atoms with van der Waals surface area (Å²) in [7, 11) is 0. The Morgan fingerprint density at radius 2 is 2.18 bits per heavy atom. The number of aromatic nitrogens is 4. The zero-order valence-electron chi connectivity index (χ0n) is 18.7. The lowest BCUT2D eigenvalue weighted by Gasteiger charge is -2.25. The molecule has 0 spiro atoms. The Labute approximate surface area is 193 Å². The number of hydrogen-bond acceptors (Lipinski definition) is 6. The molecule has 0 fully saturated rings. The minimum Gasteiger partial charge on any atom is -0.424 e. The Kier molecular flexibility index (Phi) is 6.87. The summed E-state index contributed by atoms with van der Waals surface area (Å²) < 4.78 is 50.7. The number of carbonyl (C=O) groups excluding carboxylic acids is 1. The zero-order valence-corrected chi connectivity index (χ0v) is 18.7. The van der Waals surface area contributed by atoms with Gasteiger partial charge in [0, 0.05) is 30.7 Å². The number of rotatable bonds is 6. The Hall–Kier alpha value is -3.41. The number of allylic oxidation sites excluding steroid dienone is 3. The van der Waals surface area contributed by atoms with Gasteiger partial charge in [0.2, 0.25) is 12.3 Å². The molecule has 34 heavy (non-hydrogen) atoms. The molecule has 182 valence electrons. The van der Waals surface area contributed by atoms with Crippen molar-refractivity contribution >= 4 is 17.2 Å². The highest BCUT2D eigenvalue weighted by Crippen LogP contribution is 2.31. The molecule has 2 N–H and O–H groups in total. The molecule has 0 aromatic carbocycles. The van der Waals surface area contributed by atoms with E-state index in [1.165, 1.54) is 6.39 Å². The lowest BCUT2D eigenvalue weighted by Crippen LogP contribution is -2.40. The van der Waals surface area contributed by atoms with Crippen molar-refractivity contribution in [3.05, 3.63) is 53.9 Å². The molecule has 0 radical (unpaired) electrons. The molecule has 9 nitrogen and oxygen atoms in total. The number of hydrogen-bond donors (Lipinski definition) is 2. The third kappa shape index (κ3) is 5.93. The van der Waals surface area contributed by atoms with Gasteiger partial charge in [-0.1, -0.05) is 6.08 Å².